The van der Waals surface area contributed by atoms with Crippen LogP contribution >= 0.6 is 0 Å². The molecule has 0 aliphatic carbocycles. The molecule has 1 saturated heterocycles. The van der Waals surface area contributed by atoms with E-state index < -0.39 is 0 Å². The monoisotopic (exact) mass is 383 g/mol. The first-order chi connectivity index (χ1) is 13.7. The van der Waals surface area contributed by atoms with Crippen molar-refractivity contribution in [3.63, 3.8) is 0 Å². The van der Waals surface area contributed by atoms with Gasteiger partial charge in [0.05, 0.1) is 6.54 Å². The smallest absolute Gasteiger partial charge is 0.243 e. The summed E-state index contributed by atoms with van der Waals surface area (Å²) in [4.78, 5) is 16.0. The molecule has 3 aromatic rings. The minimum absolute atomic E-state index is 0.0549. The molecular formula is C19H25N7O2. The van der Waals surface area contributed by atoms with Crippen LogP contribution in [0.1, 0.15) is 31.5 Å². The van der Waals surface area contributed by atoms with Crippen molar-refractivity contribution >= 4 is 16.9 Å². The van der Waals surface area contributed by atoms with Crippen LogP contribution in [0.25, 0.3) is 11.0 Å². The molecule has 148 valence electrons. The quantitative estimate of drug-likeness (QED) is 0.658. The zero-order valence-corrected chi connectivity index (χ0v) is 16.0. The van der Waals surface area contributed by atoms with E-state index in [1.807, 2.05) is 31.2 Å². The highest BCUT2D eigenvalue weighted by atomic mass is 16.4. The second-order valence-electron chi connectivity index (χ2n) is 7.19. The fourth-order valence-electron chi connectivity index (χ4n) is 3.45. The molecule has 0 radical (unpaired) electrons. The lowest BCUT2D eigenvalue weighted by Crippen LogP contribution is -2.39. The molecule has 3 heterocycles. The van der Waals surface area contributed by atoms with Gasteiger partial charge in [0.15, 0.2) is 0 Å². The third-order valence-electron chi connectivity index (χ3n) is 5.08. The number of likely N-dealkylation sites (tertiary alicyclic amines) is 1. The molecular weight excluding hydrogens is 358 g/mol. The average molecular weight is 383 g/mol. The van der Waals surface area contributed by atoms with Crippen LogP contribution in [0, 0.1) is 5.92 Å². The van der Waals surface area contributed by atoms with Crippen LogP contribution in [0.15, 0.2) is 28.7 Å². The number of hydrogen-bond acceptors (Lipinski definition) is 7. The maximum absolute atomic E-state index is 12.2. The van der Waals surface area contributed by atoms with Crippen molar-refractivity contribution in [2.45, 2.75) is 39.3 Å². The third-order valence-corrected chi connectivity index (χ3v) is 5.08. The van der Waals surface area contributed by atoms with E-state index in [4.69, 9.17) is 4.42 Å². The van der Waals surface area contributed by atoms with Gasteiger partial charge in [0, 0.05) is 13.0 Å². The number of hydrogen-bond donors (Lipinski definition) is 1. The van der Waals surface area contributed by atoms with Crippen LogP contribution < -0.4 is 5.32 Å². The highest BCUT2D eigenvalue weighted by molar-refractivity contribution is 5.77. The standard InChI is InChI=1S/C19H25N7O2/c1-2-18-21-22-19(28-18)13-25-9-7-14(8-10-25)11-20-17(27)12-26-23-15-5-3-4-6-16(15)24-26/h3-6,14H,2,7-13H2,1H3,(H,20,27). The number of aryl methyl sites for hydroxylation is 1. The van der Waals surface area contributed by atoms with Crippen molar-refractivity contribution in [2.75, 3.05) is 19.6 Å². The van der Waals surface area contributed by atoms with Gasteiger partial charge in [0.1, 0.15) is 17.6 Å². The maximum Gasteiger partial charge on any atom is 0.243 e. The lowest BCUT2D eigenvalue weighted by Gasteiger charge is -2.30. The van der Waals surface area contributed by atoms with Crippen molar-refractivity contribution in [1.29, 1.82) is 0 Å². The summed E-state index contributed by atoms with van der Waals surface area (Å²) in [5, 5.41) is 19.8. The van der Waals surface area contributed by atoms with Crippen LogP contribution in [0.3, 0.4) is 0 Å². The molecule has 28 heavy (non-hydrogen) atoms. The third kappa shape index (κ3) is 4.53. The molecule has 1 aliphatic rings. The molecule has 1 aromatic carbocycles. The fourth-order valence-corrected chi connectivity index (χ4v) is 3.45. The van der Waals surface area contributed by atoms with Crippen LogP contribution in [0.4, 0.5) is 0 Å². The molecule has 1 amide bonds. The highest BCUT2D eigenvalue weighted by Gasteiger charge is 2.21. The van der Waals surface area contributed by atoms with Crippen molar-refractivity contribution in [3.05, 3.63) is 36.0 Å². The number of carbonyl (C=O) groups is 1. The van der Waals surface area contributed by atoms with Crippen molar-refractivity contribution in [3.8, 4) is 0 Å². The molecule has 2 aromatic heterocycles. The maximum atomic E-state index is 12.2. The van der Waals surface area contributed by atoms with Gasteiger partial charge in [-0.1, -0.05) is 19.1 Å². The lowest BCUT2D eigenvalue weighted by molar-refractivity contribution is -0.122. The highest BCUT2D eigenvalue weighted by Crippen LogP contribution is 2.18. The Hall–Kier alpha value is -2.81. The summed E-state index contributed by atoms with van der Waals surface area (Å²) < 4.78 is 5.58. The van der Waals surface area contributed by atoms with Crippen LogP contribution in [-0.4, -0.2) is 55.6 Å². The molecule has 0 unspecified atom stereocenters. The Morgan fingerprint density at radius 2 is 1.82 bits per heavy atom. The Labute approximate surface area is 163 Å². The van der Waals surface area contributed by atoms with E-state index in [0.717, 1.165) is 43.4 Å². The number of piperidine rings is 1. The van der Waals surface area contributed by atoms with Gasteiger partial charge in [-0.25, -0.2) is 0 Å². The van der Waals surface area contributed by atoms with Crippen LogP contribution in [0.5, 0.6) is 0 Å². The summed E-state index contributed by atoms with van der Waals surface area (Å²) in [7, 11) is 0. The molecule has 9 nitrogen and oxygen atoms in total. The van der Waals surface area contributed by atoms with Crippen molar-refractivity contribution in [2.24, 2.45) is 5.92 Å². The van der Waals surface area contributed by atoms with E-state index in [1.54, 1.807) is 0 Å². The second kappa shape index (κ2) is 8.47. The molecule has 1 aliphatic heterocycles. The topological polar surface area (TPSA) is 102 Å². The van der Waals surface area contributed by atoms with Crippen molar-refractivity contribution < 1.29 is 9.21 Å². The van der Waals surface area contributed by atoms with E-state index in [1.165, 1.54) is 4.80 Å². The van der Waals surface area contributed by atoms with E-state index in [2.05, 4.69) is 30.6 Å². The van der Waals surface area contributed by atoms with Crippen LogP contribution in [-0.2, 0) is 24.3 Å². The lowest BCUT2D eigenvalue weighted by atomic mass is 9.97. The summed E-state index contributed by atoms with van der Waals surface area (Å²) >= 11 is 0. The van der Waals surface area contributed by atoms with E-state index in [9.17, 15) is 4.79 Å². The normalized spacial score (nSPS) is 15.9. The number of carbonyl (C=O) groups excluding carboxylic acids is 1. The number of aromatic nitrogens is 5. The zero-order chi connectivity index (χ0) is 19.3. The first kappa shape index (κ1) is 18.5. The van der Waals surface area contributed by atoms with Gasteiger partial charge in [-0.2, -0.15) is 15.0 Å². The summed E-state index contributed by atoms with van der Waals surface area (Å²) in [5.74, 6) is 1.80. The van der Waals surface area contributed by atoms with Gasteiger partial charge in [-0.15, -0.1) is 10.2 Å². The molecule has 0 bridgehead atoms. The number of nitrogens with zero attached hydrogens (tertiary/aromatic N) is 6. The zero-order valence-electron chi connectivity index (χ0n) is 16.0. The first-order valence-electron chi connectivity index (χ1n) is 9.80. The summed E-state index contributed by atoms with van der Waals surface area (Å²) in [6, 6.07) is 7.60. The Bertz CT molecular complexity index is 894. The largest absolute Gasteiger partial charge is 0.424 e. The van der Waals surface area contributed by atoms with Gasteiger partial charge < -0.3 is 9.73 Å². The number of fused-ring (bicyclic) bond motifs is 1. The number of benzene rings is 1. The number of amides is 1. The summed E-state index contributed by atoms with van der Waals surface area (Å²) in [5.41, 5.74) is 1.60. The van der Waals surface area contributed by atoms with Gasteiger partial charge in [0.25, 0.3) is 0 Å². The van der Waals surface area contributed by atoms with Gasteiger partial charge >= 0.3 is 0 Å². The number of rotatable bonds is 7. The van der Waals surface area contributed by atoms with E-state index in [0.29, 0.717) is 30.8 Å². The predicted molar refractivity (Wildman–Crippen MR) is 102 cm³/mol. The SMILES string of the molecule is CCc1nnc(CN2CCC(CNC(=O)Cn3nc4ccccc4n3)CC2)o1. The van der Waals surface area contributed by atoms with E-state index >= 15 is 0 Å². The Morgan fingerprint density at radius 1 is 1.14 bits per heavy atom. The molecule has 0 atom stereocenters. The van der Waals surface area contributed by atoms with Crippen molar-refractivity contribution in [1.82, 2.24) is 35.4 Å². The predicted octanol–water partition coefficient (Wildman–Crippen LogP) is 1.41. The van der Waals surface area contributed by atoms with Crippen LogP contribution in [0.2, 0.25) is 0 Å². The number of nitrogens with one attached hydrogen (secondary N) is 1. The Balaban J connectivity index is 1.19. The summed E-state index contributed by atoms with van der Waals surface area (Å²) in [6.07, 6.45) is 2.84. The minimum atomic E-state index is -0.0549. The van der Waals surface area contributed by atoms with E-state index in [-0.39, 0.29) is 12.5 Å². The molecule has 1 N–H and O–H groups in total. The Morgan fingerprint density at radius 3 is 2.46 bits per heavy atom. The molecule has 4 rings (SSSR count). The average Bonchev–Trinajstić information content (AvgIpc) is 3.33. The van der Waals surface area contributed by atoms with Gasteiger partial charge in [-0.05, 0) is 44.0 Å². The summed E-state index contributed by atoms with van der Waals surface area (Å²) in [6.45, 7) is 5.47. The minimum Gasteiger partial charge on any atom is -0.424 e. The molecule has 0 spiro atoms. The molecule has 0 saturated carbocycles. The fraction of sp³-hybridized carbons (Fsp3) is 0.526. The van der Waals surface area contributed by atoms with Gasteiger partial charge in [-0.3, -0.25) is 9.69 Å². The molecule has 9 heteroatoms. The Kier molecular flexibility index (Phi) is 5.61. The first-order valence-corrected chi connectivity index (χ1v) is 9.80. The molecule has 1 fully saturated rings. The second-order valence-corrected chi connectivity index (χ2v) is 7.19. The van der Waals surface area contributed by atoms with Gasteiger partial charge in [0.2, 0.25) is 17.7 Å².